The summed E-state index contributed by atoms with van der Waals surface area (Å²) in [5.74, 6) is 1.87. The van der Waals surface area contributed by atoms with E-state index in [1.807, 2.05) is 24.3 Å². The lowest BCUT2D eigenvalue weighted by Gasteiger charge is -2.02. The molecule has 3 rings (SSSR count). The molecule has 0 spiro atoms. The average molecular weight is 403 g/mol. The summed E-state index contributed by atoms with van der Waals surface area (Å²) in [5.41, 5.74) is 1.16. The molecule has 1 aromatic heterocycles. The van der Waals surface area contributed by atoms with Gasteiger partial charge in [-0.05, 0) is 24.0 Å². The van der Waals surface area contributed by atoms with Gasteiger partial charge in [0, 0.05) is 16.6 Å². The summed E-state index contributed by atoms with van der Waals surface area (Å²) in [4.78, 5) is 0. The molecule has 118 valence electrons. The first-order chi connectivity index (χ1) is 10.5. The van der Waals surface area contributed by atoms with E-state index < -0.39 is 9.84 Å². The molecule has 2 aromatic rings. The average Bonchev–Trinajstić information content (AvgIpc) is 3.05. The fourth-order valence-corrected chi connectivity index (χ4v) is 5.67. The number of benzene rings is 1. The zero-order valence-corrected chi connectivity index (χ0v) is 15.0. The summed E-state index contributed by atoms with van der Waals surface area (Å²) in [6, 6.07) is 7.99. The quantitative estimate of drug-likeness (QED) is 0.715. The summed E-state index contributed by atoms with van der Waals surface area (Å²) in [6.07, 6.45) is 1.23. The maximum Gasteiger partial charge on any atom is 0.276 e. The first-order valence-electron chi connectivity index (χ1n) is 6.91. The van der Waals surface area contributed by atoms with Crippen LogP contribution < -0.4 is 0 Å². The second kappa shape index (κ2) is 6.72. The Morgan fingerprint density at radius 3 is 2.86 bits per heavy atom. The monoisotopic (exact) mass is 402 g/mol. The second-order valence-corrected chi connectivity index (χ2v) is 9.32. The Morgan fingerprint density at radius 1 is 1.32 bits per heavy atom. The van der Waals surface area contributed by atoms with E-state index in [1.54, 1.807) is 0 Å². The van der Waals surface area contributed by atoms with Crippen molar-refractivity contribution in [2.75, 3.05) is 11.5 Å². The van der Waals surface area contributed by atoms with Crippen LogP contribution in [0.2, 0.25) is 0 Å². The fraction of sp³-hybridized carbons (Fsp3) is 0.429. The smallest absolute Gasteiger partial charge is 0.276 e. The third kappa shape index (κ3) is 4.11. The predicted octanol–water partition coefficient (Wildman–Crippen LogP) is 3.10. The fourth-order valence-electron chi connectivity index (χ4n) is 2.41. The molecule has 5 nitrogen and oxygen atoms in total. The maximum atomic E-state index is 11.5. The van der Waals surface area contributed by atoms with Gasteiger partial charge in [0.25, 0.3) is 5.22 Å². The van der Waals surface area contributed by atoms with Crippen molar-refractivity contribution in [3.05, 3.63) is 40.2 Å². The Bertz CT molecular complexity index is 761. The lowest BCUT2D eigenvalue weighted by molar-refractivity contribution is 0.389. The van der Waals surface area contributed by atoms with Crippen molar-refractivity contribution in [2.24, 2.45) is 5.92 Å². The van der Waals surface area contributed by atoms with Crippen molar-refractivity contribution in [1.82, 2.24) is 10.2 Å². The van der Waals surface area contributed by atoms with Gasteiger partial charge in [-0.1, -0.05) is 45.9 Å². The van der Waals surface area contributed by atoms with Crippen molar-refractivity contribution >= 4 is 37.5 Å². The van der Waals surface area contributed by atoms with Crippen molar-refractivity contribution < 1.29 is 12.8 Å². The molecule has 0 unspecified atom stereocenters. The van der Waals surface area contributed by atoms with Gasteiger partial charge in [0.05, 0.1) is 11.5 Å². The van der Waals surface area contributed by atoms with E-state index in [-0.39, 0.29) is 17.4 Å². The minimum absolute atomic E-state index is 0.103. The number of hydrogen-bond donors (Lipinski definition) is 0. The van der Waals surface area contributed by atoms with Crippen LogP contribution in [0.25, 0.3) is 0 Å². The minimum Gasteiger partial charge on any atom is -0.416 e. The van der Waals surface area contributed by atoms with Crippen LogP contribution in [0.5, 0.6) is 0 Å². The highest BCUT2D eigenvalue weighted by atomic mass is 79.9. The predicted molar refractivity (Wildman–Crippen MR) is 88.5 cm³/mol. The van der Waals surface area contributed by atoms with Gasteiger partial charge in [0.2, 0.25) is 5.89 Å². The lowest BCUT2D eigenvalue weighted by atomic mass is 10.1. The van der Waals surface area contributed by atoms with Gasteiger partial charge in [-0.15, -0.1) is 10.2 Å². The summed E-state index contributed by atoms with van der Waals surface area (Å²) >= 11 is 4.98. The van der Waals surface area contributed by atoms with Crippen molar-refractivity contribution in [3.8, 4) is 0 Å². The molecule has 1 aromatic carbocycles. The number of aromatic nitrogens is 2. The minimum atomic E-state index is -2.86. The van der Waals surface area contributed by atoms with Gasteiger partial charge in [0.15, 0.2) is 9.84 Å². The number of hydrogen-bond acceptors (Lipinski definition) is 6. The molecule has 1 aliphatic heterocycles. The molecule has 0 amide bonds. The molecule has 0 radical (unpaired) electrons. The molecule has 2 heterocycles. The van der Waals surface area contributed by atoms with Crippen LogP contribution >= 0.6 is 27.7 Å². The van der Waals surface area contributed by atoms with E-state index in [1.165, 1.54) is 11.8 Å². The van der Waals surface area contributed by atoms with Crippen LogP contribution in [0.3, 0.4) is 0 Å². The van der Waals surface area contributed by atoms with Crippen LogP contribution in [0.1, 0.15) is 17.9 Å². The van der Waals surface area contributed by atoms with Gasteiger partial charge in [0.1, 0.15) is 0 Å². The topological polar surface area (TPSA) is 73.1 Å². The summed E-state index contributed by atoms with van der Waals surface area (Å²) in [7, 11) is -2.86. The molecule has 1 fully saturated rings. The highest BCUT2D eigenvalue weighted by molar-refractivity contribution is 9.10. The van der Waals surface area contributed by atoms with Crippen LogP contribution in [-0.2, 0) is 22.0 Å². The lowest BCUT2D eigenvalue weighted by Crippen LogP contribution is -2.07. The van der Waals surface area contributed by atoms with Gasteiger partial charge in [-0.3, -0.25) is 0 Å². The number of sulfone groups is 1. The van der Waals surface area contributed by atoms with E-state index in [0.717, 1.165) is 15.8 Å². The van der Waals surface area contributed by atoms with E-state index >= 15 is 0 Å². The van der Waals surface area contributed by atoms with Gasteiger partial charge in [-0.2, -0.15) is 0 Å². The molecule has 1 atom stereocenters. The van der Waals surface area contributed by atoms with E-state index in [9.17, 15) is 8.42 Å². The largest absolute Gasteiger partial charge is 0.416 e. The van der Waals surface area contributed by atoms with Crippen LogP contribution in [0.15, 0.2) is 38.4 Å². The third-order valence-corrected chi connectivity index (χ3v) is 7.03. The second-order valence-electron chi connectivity index (χ2n) is 5.31. The standard InChI is InChI=1S/C14H15BrN2O3S2/c15-12-4-2-1-3-11(12)8-21-14-17-16-13(20-14)7-10-5-6-22(18,19)9-10/h1-4,10H,5-9H2/t10-/m0/s1. The number of halogens is 1. The van der Waals surface area contributed by atoms with Crippen LogP contribution in [0, 0.1) is 5.92 Å². The summed E-state index contributed by atoms with van der Waals surface area (Å²) < 4.78 is 29.6. The maximum absolute atomic E-state index is 11.5. The Balaban J connectivity index is 1.57. The highest BCUT2D eigenvalue weighted by Gasteiger charge is 2.29. The van der Waals surface area contributed by atoms with E-state index in [2.05, 4.69) is 26.1 Å². The zero-order chi connectivity index (χ0) is 15.6. The molecular formula is C14H15BrN2O3S2. The molecule has 22 heavy (non-hydrogen) atoms. The molecule has 1 saturated heterocycles. The first-order valence-corrected chi connectivity index (χ1v) is 10.5. The first kappa shape index (κ1) is 16.0. The van der Waals surface area contributed by atoms with Gasteiger partial charge >= 0.3 is 0 Å². The number of rotatable bonds is 5. The Morgan fingerprint density at radius 2 is 2.14 bits per heavy atom. The Hall–Kier alpha value is -0.860. The van der Waals surface area contributed by atoms with Crippen molar-refractivity contribution in [3.63, 3.8) is 0 Å². The highest BCUT2D eigenvalue weighted by Crippen LogP contribution is 2.27. The van der Waals surface area contributed by atoms with Gasteiger partial charge in [-0.25, -0.2) is 8.42 Å². The molecule has 8 heteroatoms. The van der Waals surface area contributed by atoms with E-state index in [0.29, 0.717) is 24.0 Å². The Kier molecular flexibility index (Phi) is 4.89. The van der Waals surface area contributed by atoms with Crippen molar-refractivity contribution in [1.29, 1.82) is 0 Å². The van der Waals surface area contributed by atoms with Crippen LogP contribution in [0.4, 0.5) is 0 Å². The number of thioether (sulfide) groups is 1. The summed E-state index contributed by atoms with van der Waals surface area (Å²) in [5, 5.41) is 8.56. The molecule has 0 N–H and O–H groups in total. The van der Waals surface area contributed by atoms with E-state index in [4.69, 9.17) is 4.42 Å². The molecule has 1 aliphatic rings. The molecular weight excluding hydrogens is 388 g/mol. The zero-order valence-electron chi connectivity index (χ0n) is 11.7. The molecule has 0 bridgehead atoms. The van der Waals surface area contributed by atoms with Gasteiger partial charge < -0.3 is 4.42 Å². The normalized spacial score (nSPS) is 20.3. The van der Waals surface area contributed by atoms with Crippen LogP contribution in [-0.4, -0.2) is 30.1 Å². The SMILES string of the molecule is O=S1(=O)CC[C@@H](Cc2nnc(SCc3ccccc3Br)o2)C1. The summed E-state index contributed by atoms with van der Waals surface area (Å²) in [6.45, 7) is 0. The third-order valence-electron chi connectivity index (χ3n) is 3.55. The number of nitrogens with zero attached hydrogens (tertiary/aromatic N) is 2. The molecule has 0 saturated carbocycles. The molecule has 0 aliphatic carbocycles. The van der Waals surface area contributed by atoms with Crippen molar-refractivity contribution in [2.45, 2.75) is 23.8 Å². The Labute approximate surface area is 141 Å².